The molecule has 9 heteroatoms. The summed E-state index contributed by atoms with van der Waals surface area (Å²) >= 11 is 1.63. The molecule has 0 saturated carbocycles. The second kappa shape index (κ2) is 9.93. The van der Waals surface area contributed by atoms with Crippen molar-refractivity contribution in [3.05, 3.63) is 82.3 Å². The van der Waals surface area contributed by atoms with Gasteiger partial charge in [-0.25, -0.2) is 4.98 Å². The standard InChI is InChI=1S/C26H25F3N4OS/c1-33(15-17-6-5-9-19(12-17)21-14-24(32-31-21)26(27,28)29)20-10-11-34-23(13-20)25-30-22(16-35-25)18-7-3-2-4-8-18/h2-9,12,14,16,20,23H,10-11,13,15H2,1H3,(H,31,32). The molecule has 2 atom stereocenters. The number of nitrogens with zero attached hydrogens (tertiary/aromatic N) is 3. The number of H-pyrrole nitrogens is 1. The minimum Gasteiger partial charge on any atom is -0.371 e. The summed E-state index contributed by atoms with van der Waals surface area (Å²) in [5, 5.41) is 9.00. The molecule has 4 aromatic rings. The molecule has 3 heterocycles. The summed E-state index contributed by atoms with van der Waals surface area (Å²) in [6.07, 6.45) is -2.73. The van der Waals surface area contributed by atoms with Crippen molar-refractivity contribution < 1.29 is 17.9 Å². The van der Waals surface area contributed by atoms with Crippen LogP contribution in [0.5, 0.6) is 0 Å². The topological polar surface area (TPSA) is 54.0 Å². The zero-order valence-corrected chi connectivity index (χ0v) is 19.9. The van der Waals surface area contributed by atoms with Gasteiger partial charge < -0.3 is 4.74 Å². The van der Waals surface area contributed by atoms with Crippen LogP contribution < -0.4 is 0 Å². The summed E-state index contributed by atoms with van der Waals surface area (Å²) in [5.41, 5.74) is 3.17. The Kier molecular flexibility index (Phi) is 6.73. The maximum atomic E-state index is 12.9. The van der Waals surface area contributed by atoms with Crippen molar-refractivity contribution in [2.45, 2.75) is 37.7 Å². The number of benzene rings is 2. The number of hydrogen-bond donors (Lipinski definition) is 1. The zero-order valence-electron chi connectivity index (χ0n) is 19.1. The average molecular weight is 499 g/mol. The Hall–Kier alpha value is -3.01. The first-order valence-electron chi connectivity index (χ1n) is 11.4. The molecule has 0 bridgehead atoms. The molecule has 5 nitrogen and oxygen atoms in total. The predicted octanol–water partition coefficient (Wildman–Crippen LogP) is 6.57. The van der Waals surface area contributed by atoms with Gasteiger partial charge in [-0.15, -0.1) is 11.3 Å². The molecule has 0 spiro atoms. The molecule has 1 aliphatic heterocycles. The van der Waals surface area contributed by atoms with Gasteiger partial charge in [-0.1, -0.05) is 48.5 Å². The van der Waals surface area contributed by atoms with Crippen molar-refractivity contribution in [3.8, 4) is 22.5 Å². The third-order valence-corrected chi connectivity index (χ3v) is 7.22. The minimum absolute atomic E-state index is 0.0464. The predicted molar refractivity (Wildman–Crippen MR) is 130 cm³/mol. The van der Waals surface area contributed by atoms with Crippen molar-refractivity contribution in [2.75, 3.05) is 13.7 Å². The fourth-order valence-corrected chi connectivity index (χ4v) is 5.28. The fraction of sp³-hybridized carbons (Fsp3) is 0.308. The molecule has 5 rings (SSSR count). The molecule has 1 fully saturated rings. The maximum Gasteiger partial charge on any atom is 0.432 e. The Morgan fingerprint density at radius 2 is 1.86 bits per heavy atom. The number of hydrogen-bond acceptors (Lipinski definition) is 5. The van der Waals surface area contributed by atoms with E-state index in [0.717, 1.165) is 40.7 Å². The third kappa shape index (κ3) is 5.47. The highest BCUT2D eigenvalue weighted by atomic mass is 32.1. The average Bonchev–Trinajstić information content (AvgIpc) is 3.56. The lowest BCUT2D eigenvalue weighted by Crippen LogP contribution is -2.37. The van der Waals surface area contributed by atoms with Gasteiger partial charge >= 0.3 is 6.18 Å². The number of rotatable bonds is 6. The van der Waals surface area contributed by atoms with Crippen LogP contribution in [0.2, 0.25) is 0 Å². The lowest BCUT2D eigenvalue weighted by molar-refractivity contribution is -0.141. The summed E-state index contributed by atoms with van der Waals surface area (Å²) in [5.74, 6) is 0. The summed E-state index contributed by atoms with van der Waals surface area (Å²) in [4.78, 5) is 7.12. The highest BCUT2D eigenvalue weighted by molar-refractivity contribution is 7.10. The lowest BCUT2D eigenvalue weighted by atomic mass is 10.0. The summed E-state index contributed by atoms with van der Waals surface area (Å²) in [6.45, 7) is 1.34. The number of halogens is 3. The number of aromatic amines is 1. The molecule has 2 aromatic carbocycles. The lowest BCUT2D eigenvalue weighted by Gasteiger charge is -2.35. The molecule has 0 aliphatic carbocycles. The first-order valence-corrected chi connectivity index (χ1v) is 12.3. The highest BCUT2D eigenvalue weighted by Crippen LogP contribution is 2.35. The highest BCUT2D eigenvalue weighted by Gasteiger charge is 2.33. The van der Waals surface area contributed by atoms with Crippen LogP contribution in [0, 0.1) is 0 Å². The van der Waals surface area contributed by atoms with E-state index >= 15 is 0 Å². The van der Waals surface area contributed by atoms with E-state index in [1.807, 2.05) is 36.4 Å². The summed E-state index contributed by atoms with van der Waals surface area (Å²) < 4.78 is 44.8. The smallest absolute Gasteiger partial charge is 0.371 e. The van der Waals surface area contributed by atoms with Crippen molar-refractivity contribution in [1.82, 2.24) is 20.1 Å². The van der Waals surface area contributed by atoms with Crippen molar-refractivity contribution in [3.63, 3.8) is 0 Å². The minimum atomic E-state index is -4.44. The van der Waals surface area contributed by atoms with E-state index < -0.39 is 11.9 Å². The normalized spacial score (nSPS) is 18.8. The Morgan fingerprint density at radius 1 is 1.06 bits per heavy atom. The van der Waals surface area contributed by atoms with Gasteiger partial charge in [-0.2, -0.15) is 18.3 Å². The van der Waals surface area contributed by atoms with Gasteiger partial charge in [-0.3, -0.25) is 10.00 Å². The SMILES string of the molecule is CN(Cc1cccc(-c2cc(C(F)(F)F)[nH]n2)c1)C1CCOC(c2nc(-c3ccccc3)cs2)C1. The van der Waals surface area contributed by atoms with Gasteiger partial charge in [-0.05, 0) is 37.6 Å². The molecule has 2 aromatic heterocycles. The number of aromatic nitrogens is 3. The molecular formula is C26H25F3N4OS. The molecule has 182 valence electrons. The maximum absolute atomic E-state index is 12.9. The van der Waals surface area contributed by atoms with Crippen LogP contribution in [0.3, 0.4) is 0 Å². The number of ether oxygens (including phenoxy) is 1. The van der Waals surface area contributed by atoms with Gasteiger partial charge in [0.25, 0.3) is 0 Å². The zero-order chi connectivity index (χ0) is 24.4. The second-order valence-electron chi connectivity index (χ2n) is 8.75. The van der Waals surface area contributed by atoms with Crippen molar-refractivity contribution in [1.29, 1.82) is 0 Å². The molecular weight excluding hydrogens is 473 g/mol. The van der Waals surface area contributed by atoms with Crippen molar-refractivity contribution >= 4 is 11.3 Å². The molecule has 1 aliphatic rings. The van der Waals surface area contributed by atoms with Crippen LogP contribution in [-0.2, 0) is 17.5 Å². The number of alkyl halides is 3. The molecule has 1 N–H and O–H groups in total. The third-order valence-electron chi connectivity index (χ3n) is 6.28. The van der Waals surface area contributed by atoms with Gasteiger partial charge in [0.1, 0.15) is 16.8 Å². The van der Waals surface area contributed by atoms with E-state index in [1.165, 1.54) is 0 Å². The molecule has 1 saturated heterocycles. The summed E-state index contributed by atoms with van der Waals surface area (Å²) in [7, 11) is 2.08. The molecule has 2 unspecified atom stereocenters. The summed E-state index contributed by atoms with van der Waals surface area (Å²) in [6, 6.07) is 19.0. The van der Waals surface area contributed by atoms with Crippen LogP contribution in [0.25, 0.3) is 22.5 Å². The van der Waals surface area contributed by atoms with Gasteiger partial charge in [0.05, 0.1) is 11.4 Å². The van der Waals surface area contributed by atoms with E-state index in [2.05, 4.69) is 39.7 Å². The van der Waals surface area contributed by atoms with Crippen LogP contribution in [0.4, 0.5) is 13.2 Å². The number of nitrogens with one attached hydrogen (secondary N) is 1. The van der Waals surface area contributed by atoms with Gasteiger partial charge in [0, 0.05) is 35.7 Å². The second-order valence-corrected chi connectivity index (χ2v) is 9.64. The largest absolute Gasteiger partial charge is 0.432 e. The Labute approximate surface area is 205 Å². The van der Waals surface area contributed by atoms with E-state index in [-0.39, 0.29) is 11.8 Å². The molecule has 35 heavy (non-hydrogen) atoms. The Morgan fingerprint density at radius 3 is 2.63 bits per heavy atom. The van der Waals surface area contributed by atoms with E-state index in [9.17, 15) is 13.2 Å². The van der Waals surface area contributed by atoms with Crippen molar-refractivity contribution in [2.24, 2.45) is 0 Å². The van der Waals surface area contributed by atoms with Crippen LogP contribution in [-0.4, -0.2) is 39.8 Å². The van der Waals surface area contributed by atoms with Gasteiger partial charge in [0.15, 0.2) is 0 Å². The Bertz CT molecular complexity index is 1270. The van der Waals surface area contributed by atoms with Crippen LogP contribution >= 0.6 is 11.3 Å². The fourth-order valence-electron chi connectivity index (χ4n) is 4.39. The number of thiazole rings is 1. The van der Waals surface area contributed by atoms with Crippen LogP contribution in [0.15, 0.2) is 66.0 Å². The quantitative estimate of drug-likeness (QED) is 0.327. The first kappa shape index (κ1) is 23.7. The van der Waals surface area contributed by atoms with E-state index in [1.54, 1.807) is 17.4 Å². The van der Waals surface area contributed by atoms with Crippen LogP contribution in [0.1, 0.15) is 35.2 Å². The first-order chi connectivity index (χ1) is 16.9. The Balaban J connectivity index is 1.25. The molecule has 0 radical (unpaired) electrons. The van der Waals surface area contributed by atoms with E-state index in [0.29, 0.717) is 24.8 Å². The monoisotopic (exact) mass is 498 g/mol. The van der Waals surface area contributed by atoms with Gasteiger partial charge in [0.2, 0.25) is 0 Å². The van der Waals surface area contributed by atoms with E-state index in [4.69, 9.17) is 9.72 Å². The molecule has 0 amide bonds.